The van der Waals surface area contributed by atoms with Gasteiger partial charge in [0.15, 0.2) is 0 Å². The van der Waals surface area contributed by atoms with Crippen molar-refractivity contribution in [3.63, 3.8) is 0 Å². The van der Waals surface area contributed by atoms with Crippen LogP contribution in [0.3, 0.4) is 0 Å². The molecule has 0 amide bonds. The van der Waals surface area contributed by atoms with Crippen LogP contribution in [0.2, 0.25) is 0 Å². The van der Waals surface area contributed by atoms with Crippen LogP contribution in [-0.2, 0) is 0 Å². The molecule has 0 atom stereocenters. The third kappa shape index (κ3) is 67.6. The standard InChI is InChI=1S/C6H10N2.3C2H6/c1-7-5-3-4-6-8-2;3*1-2/h3,5-6H,1,4H2,2H3;3*1-2H3/b5-3-,8-6?;;;. The summed E-state index contributed by atoms with van der Waals surface area (Å²) in [5.74, 6) is 0. The molecule has 86 valence electrons. The molecule has 2 heteroatoms. The van der Waals surface area contributed by atoms with E-state index in [4.69, 9.17) is 0 Å². The van der Waals surface area contributed by atoms with Crippen molar-refractivity contribution in [3.05, 3.63) is 12.3 Å². The molecule has 0 heterocycles. The summed E-state index contributed by atoms with van der Waals surface area (Å²) in [4.78, 5) is 7.28. The zero-order valence-electron chi connectivity index (χ0n) is 11.0. The lowest BCUT2D eigenvalue weighted by Crippen LogP contribution is -1.65. The van der Waals surface area contributed by atoms with Crippen LogP contribution in [0.15, 0.2) is 22.3 Å². The lowest BCUT2D eigenvalue weighted by Gasteiger charge is -1.74. The smallest absolute Gasteiger partial charge is 0.0273 e. The fourth-order valence-electron chi connectivity index (χ4n) is 0.302. The Morgan fingerprint density at radius 2 is 1.43 bits per heavy atom. The van der Waals surface area contributed by atoms with Crippen molar-refractivity contribution >= 4 is 12.9 Å². The summed E-state index contributed by atoms with van der Waals surface area (Å²) in [5.41, 5.74) is 0. The summed E-state index contributed by atoms with van der Waals surface area (Å²) in [6.45, 7) is 15.3. The maximum Gasteiger partial charge on any atom is 0.0273 e. The largest absolute Gasteiger partial charge is 0.301 e. The quantitative estimate of drug-likeness (QED) is 0.604. The van der Waals surface area contributed by atoms with Gasteiger partial charge in [-0.1, -0.05) is 47.6 Å². The third-order valence-electron chi connectivity index (χ3n) is 0.635. The van der Waals surface area contributed by atoms with Crippen LogP contribution in [0.5, 0.6) is 0 Å². The fourth-order valence-corrected chi connectivity index (χ4v) is 0.302. The van der Waals surface area contributed by atoms with Gasteiger partial charge < -0.3 is 4.99 Å². The predicted octanol–water partition coefficient (Wildman–Crippen LogP) is 4.37. The Balaban J connectivity index is -0.0000000708. The number of rotatable bonds is 3. The second-order valence-electron chi connectivity index (χ2n) is 1.24. The molecule has 0 rings (SSSR count). The van der Waals surface area contributed by atoms with E-state index in [1.807, 2.05) is 53.8 Å². The van der Waals surface area contributed by atoms with Gasteiger partial charge in [0.1, 0.15) is 0 Å². The zero-order chi connectivity index (χ0) is 12.2. The highest BCUT2D eigenvalue weighted by atomic mass is 14.6. The molecule has 0 fully saturated rings. The van der Waals surface area contributed by atoms with Gasteiger partial charge >= 0.3 is 0 Å². The fraction of sp³-hybridized carbons (Fsp3) is 0.667. The van der Waals surface area contributed by atoms with E-state index < -0.39 is 0 Å². The van der Waals surface area contributed by atoms with Gasteiger partial charge in [-0.25, -0.2) is 0 Å². The van der Waals surface area contributed by atoms with Crippen molar-refractivity contribution < 1.29 is 0 Å². The van der Waals surface area contributed by atoms with E-state index in [1.165, 1.54) is 0 Å². The highest BCUT2D eigenvalue weighted by Gasteiger charge is 1.64. The van der Waals surface area contributed by atoms with Crippen molar-refractivity contribution in [1.82, 2.24) is 0 Å². The summed E-state index contributed by atoms with van der Waals surface area (Å²) >= 11 is 0. The summed E-state index contributed by atoms with van der Waals surface area (Å²) in [6, 6.07) is 0. The maximum absolute atomic E-state index is 3.77. The van der Waals surface area contributed by atoms with E-state index in [0.29, 0.717) is 0 Å². The minimum Gasteiger partial charge on any atom is -0.301 e. The van der Waals surface area contributed by atoms with E-state index in [2.05, 4.69) is 16.7 Å². The number of nitrogens with zero attached hydrogens (tertiary/aromatic N) is 2. The zero-order valence-corrected chi connectivity index (χ0v) is 11.0. The van der Waals surface area contributed by atoms with Crippen LogP contribution >= 0.6 is 0 Å². The number of hydrogen-bond acceptors (Lipinski definition) is 2. The van der Waals surface area contributed by atoms with Crippen molar-refractivity contribution in [2.24, 2.45) is 9.98 Å². The highest BCUT2D eigenvalue weighted by Crippen LogP contribution is 1.76. The minimum absolute atomic E-state index is 0.843. The average molecular weight is 200 g/mol. The summed E-state index contributed by atoms with van der Waals surface area (Å²) in [7, 11) is 1.75. The number of aliphatic imine (C=N–C) groups is 2. The lowest BCUT2D eigenvalue weighted by atomic mass is 10.4. The first kappa shape index (κ1) is 23.2. The van der Waals surface area contributed by atoms with Crippen LogP contribution in [-0.4, -0.2) is 20.0 Å². The molecule has 0 spiro atoms. The average Bonchev–Trinajstić information content (AvgIpc) is 2.33. The molecule has 0 saturated carbocycles. The van der Waals surface area contributed by atoms with Gasteiger partial charge in [0, 0.05) is 25.9 Å². The van der Waals surface area contributed by atoms with Crippen LogP contribution in [0.25, 0.3) is 0 Å². The molecular weight excluding hydrogens is 172 g/mol. The number of allylic oxidation sites excluding steroid dienone is 1. The van der Waals surface area contributed by atoms with Gasteiger partial charge in [0.2, 0.25) is 0 Å². The summed E-state index contributed by atoms with van der Waals surface area (Å²) in [5, 5.41) is 0. The van der Waals surface area contributed by atoms with Crippen molar-refractivity contribution in [3.8, 4) is 0 Å². The molecule has 0 aliphatic rings. The van der Waals surface area contributed by atoms with Gasteiger partial charge in [-0.15, -0.1) is 0 Å². The molecule has 0 unspecified atom stereocenters. The minimum atomic E-state index is 0.843. The van der Waals surface area contributed by atoms with Crippen LogP contribution in [0.4, 0.5) is 0 Å². The van der Waals surface area contributed by atoms with E-state index in [1.54, 1.807) is 13.2 Å². The van der Waals surface area contributed by atoms with Crippen molar-refractivity contribution in [1.29, 1.82) is 0 Å². The molecule has 0 aromatic rings. The maximum atomic E-state index is 3.77. The van der Waals surface area contributed by atoms with E-state index in [9.17, 15) is 0 Å². The number of hydrogen-bond donors (Lipinski definition) is 0. The van der Waals surface area contributed by atoms with E-state index >= 15 is 0 Å². The lowest BCUT2D eigenvalue weighted by molar-refractivity contribution is 1.39. The van der Waals surface area contributed by atoms with Gasteiger partial charge in [-0.3, -0.25) is 4.99 Å². The molecule has 0 aromatic heterocycles. The van der Waals surface area contributed by atoms with Crippen LogP contribution < -0.4 is 0 Å². The molecule has 2 nitrogen and oxygen atoms in total. The highest BCUT2D eigenvalue weighted by molar-refractivity contribution is 5.58. The van der Waals surface area contributed by atoms with Crippen molar-refractivity contribution in [2.45, 2.75) is 48.0 Å². The molecular formula is C12H28N2. The normalized spacial score (nSPS) is 7.64. The van der Waals surface area contributed by atoms with E-state index in [-0.39, 0.29) is 0 Å². The van der Waals surface area contributed by atoms with Crippen LogP contribution in [0, 0.1) is 0 Å². The molecule has 0 bridgehead atoms. The Morgan fingerprint density at radius 3 is 1.71 bits per heavy atom. The van der Waals surface area contributed by atoms with Gasteiger partial charge in [-0.2, -0.15) is 0 Å². The second-order valence-corrected chi connectivity index (χ2v) is 1.24. The molecule has 14 heavy (non-hydrogen) atoms. The molecule has 0 aromatic carbocycles. The third-order valence-corrected chi connectivity index (χ3v) is 0.635. The van der Waals surface area contributed by atoms with Crippen LogP contribution in [0.1, 0.15) is 48.0 Å². The molecule has 0 aliphatic heterocycles. The van der Waals surface area contributed by atoms with Crippen molar-refractivity contribution in [2.75, 3.05) is 7.05 Å². The molecule has 0 N–H and O–H groups in total. The Labute approximate surface area is 90.9 Å². The monoisotopic (exact) mass is 200 g/mol. The SMILES string of the molecule is C=N/C=C\CC=NC.CC.CC.CC. The predicted molar refractivity (Wildman–Crippen MR) is 71.8 cm³/mol. The summed E-state index contributed by atoms with van der Waals surface area (Å²) in [6.07, 6.45) is 6.19. The van der Waals surface area contributed by atoms with Gasteiger partial charge in [0.05, 0.1) is 0 Å². The molecule has 0 radical (unpaired) electrons. The first-order valence-corrected chi connectivity index (χ1v) is 5.43. The van der Waals surface area contributed by atoms with Gasteiger partial charge in [-0.05, 0) is 6.72 Å². The Bertz CT molecular complexity index is 105. The molecule has 0 saturated heterocycles. The van der Waals surface area contributed by atoms with E-state index in [0.717, 1.165) is 6.42 Å². The topological polar surface area (TPSA) is 24.7 Å². The second kappa shape index (κ2) is 57.5. The Hall–Kier alpha value is -0.920. The van der Waals surface area contributed by atoms with Gasteiger partial charge in [0.25, 0.3) is 0 Å². The summed E-state index contributed by atoms with van der Waals surface area (Å²) < 4.78 is 0. The molecule has 0 aliphatic carbocycles. The Morgan fingerprint density at radius 1 is 1.00 bits per heavy atom. The Kier molecular flexibility index (Phi) is 95.0. The first-order chi connectivity index (χ1) is 6.91. The first-order valence-electron chi connectivity index (χ1n) is 5.43.